The molecule has 8 nitrogen and oxygen atoms in total. The number of hydrogen-bond donors (Lipinski definition) is 0. The summed E-state index contributed by atoms with van der Waals surface area (Å²) in [4.78, 5) is 22.4. The van der Waals surface area contributed by atoms with Gasteiger partial charge in [0.15, 0.2) is 0 Å². The van der Waals surface area contributed by atoms with Crippen molar-refractivity contribution in [2.45, 2.75) is 6.54 Å². The summed E-state index contributed by atoms with van der Waals surface area (Å²) in [6.07, 6.45) is 1.65. The molecule has 0 radical (unpaired) electrons. The fraction of sp³-hybridized carbons (Fsp3) is 0.176. The minimum atomic E-state index is -0.654. The molecule has 0 spiro atoms. The zero-order chi connectivity index (χ0) is 18.4. The van der Waals surface area contributed by atoms with Gasteiger partial charge in [0.05, 0.1) is 15.9 Å². The Morgan fingerprint density at radius 2 is 1.80 bits per heavy atom. The van der Waals surface area contributed by atoms with Crippen molar-refractivity contribution in [3.8, 4) is 5.75 Å². The Morgan fingerprint density at radius 3 is 2.36 bits per heavy atom. The molecular weight excluding hydrogens is 326 g/mol. The van der Waals surface area contributed by atoms with Crippen LogP contribution in [0.3, 0.4) is 0 Å². The van der Waals surface area contributed by atoms with E-state index in [9.17, 15) is 20.2 Å². The molecule has 0 aliphatic carbocycles. The number of hydrogen-bond acceptors (Lipinski definition) is 6. The number of ether oxygens (including phenoxy) is 1. The van der Waals surface area contributed by atoms with Gasteiger partial charge in [-0.05, 0) is 23.8 Å². The van der Waals surface area contributed by atoms with Crippen molar-refractivity contribution in [1.82, 2.24) is 0 Å². The van der Waals surface area contributed by atoms with Crippen LogP contribution in [0, 0.1) is 20.2 Å². The largest absolute Gasteiger partial charge is 0.490 e. The van der Waals surface area contributed by atoms with Crippen LogP contribution < -0.4 is 9.64 Å². The molecule has 0 aliphatic rings. The quantitative estimate of drug-likeness (QED) is 0.412. The molecule has 0 saturated carbocycles. The standard InChI is InChI=1S/C17H17N3O5/c1-3-10-25-15-7-4-13(5-8-15)12-18(2)16-9-6-14(19(21)22)11-17(16)20(23)24/h3-9,11H,1,10,12H2,2H3. The molecule has 0 fully saturated rings. The number of nitrogens with zero attached hydrogens (tertiary/aromatic N) is 3. The molecule has 25 heavy (non-hydrogen) atoms. The Kier molecular flexibility index (Phi) is 5.67. The van der Waals surface area contributed by atoms with Crippen LogP contribution in [0.25, 0.3) is 0 Å². The zero-order valence-corrected chi connectivity index (χ0v) is 13.6. The molecule has 0 amide bonds. The van der Waals surface area contributed by atoms with E-state index in [0.29, 0.717) is 24.6 Å². The molecule has 0 aliphatic heterocycles. The molecule has 2 aromatic carbocycles. The lowest BCUT2D eigenvalue weighted by Gasteiger charge is -2.19. The number of anilines is 1. The van der Waals surface area contributed by atoms with Gasteiger partial charge in [-0.15, -0.1) is 0 Å². The van der Waals surface area contributed by atoms with Gasteiger partial charge in [0.1, 0.15) is 18.0 Å². The van der Waals surface area contributed by atoms with Crippen LogP contribution in [-0.2, 0) is 6.54 Å². The van der Waals surface area contributed by atoms with Gasteiger partial charge < -0.3 is 9.64 Å². The predicted octanol–water partition coefficient (Wildman–Crippen LogP) is 3.70. The van der Waals surface area contributed by atoms with E-state index in [0.717, 1.165) is 11.6 Å². The van der Waals surface area contributed by atoms with Gasteiger partial charge in [-0.2, -0.15) is 0 Å². The van der Waals surface area contributed by atoms with Crippen LogP contribution in [-0.4, -0.2) is 23.5 Å². The first-order valence-corrected chi connectivity index (χ1v) is 7.39. The molecule has 0 saturated heterocycles. The highest BCUT2D eigenvalue weighted by atomic mass is 16.6. The number of non-ortho nitro benzene ring substituents is 1. The molecule has 0 N–H and O–H groups in total. The van der Waals surface area contributed by atoms with Crippen LogP contribution in [0.15, 0.2) is 55.1 Å². The Bertz CT molecular complexity index is 789. The Balaban J connectivity index is 2.19. The maximum absolute atomic E-state index is 11.2. The fourth-order valence-corrected chi connectivity index (χ4v) is 2.30. The molecule has 0 aromatic heterocycles. The molecule has 130 valence electrons. The van der Waals surface area contributed by atoms with E-state index >= 15 is 0 Å². The highest BCUT2D eigenvalue weighted by molar-refractivity contribution is 5.66. The summed E-state index contributed by atoms with van der Waals surface area (Å²) in [5.41, 5.74) is 0.610. The molecule has 8 heteroatoms. The molecule has 0 heterocycles. The third-order valence-corrected chi connectivity index (χ3v) is 3.49. The third kappa shape index (κ3) is 4.54. The zero-order valence-electron chi connectivity index (χ0n) is 13.6. The molecular formula is C17H17N3O5. The molecule has 0 atom stereocenters. The van der Waals surface area contributed by atoms with Crippen molar-refractivity contribution < 1.29 is 14.6 Å². The number of nitro groups is 2. The lowest BCUT2D eigenvalue weighted by molar-refractivity contribution is -0.393. The van der Waals surface area contributed by atoms with Crippen molar-refractivity contribution in [2.75, 3.05) is 18.6 Å². The van der Waals surface area contributed by atoms with Crippen molar-refractivity contribution >= 4 is 17.1 Å². The van der Waals surface area contributed by atoms with Crippen LogP contribution in [0.1, 0.15) is 5.56 Å². The maximum Gasteiger partial charge on any atom is 0.299 e. The normalized spacial score (nSPS) is 10.1. The summed E-state index contributed by atoms with van der Waals surface area (Å²) in [7, 11) is 1.69. The molecule has 2 rings (SSSR count). The van der Waals surface area contributed by atoms with Gasteiger partial charge >= 0.3 is 0 Å². The SMILES string of the molecule is C=CCOc1ccc(CN(C)c2ccc([N+](=O)[O-])cc2[N+](=O)[O-])cc1. The van der Waals surface area contributed by atoms with Crippen molar-refractivity contribution in [1.29, 1.82) is 0 Å². The second kappa shape index (κ2) is 7.91. The first-order chi connectivity index (χ1) is 11.9. The number of nitro benzene ring substituents is 2. The molecule has 0 unspecified atom stereocenters. The topological polar surface area (TPSA) is 98.8 Å². The number of benzene rings is 2. The van der Waals surface area contributed by atoms with Crippen molar-refractivity contribution in [3.63, 3.8) is 0 Å². The highest BCUT2D eigenvalue weighted by Gasteiger charge is 2.21. The predicted molar refractivity (Wildman–Crippen MR) is 94.0 cm³/mol. The first-order valence-electron chi connectivity index (χ1n) is 7.39. The molecule has 0 bridgehead atoms. The van der Waals surface area contributed by atoms with Crippen LogP contribution in [0.5, 0.6) is 5.75 Å². The summed E-state index contributed by atoms with van der Waals surface area (Å²) >= 11 is 0. The van der Waals surface area contributed by atoms with Crippen molar-refractivity contribution in [3.05, 3.63) is 80.9 Å². The van der Waals surface area contributed by atoms with E-state index in [-0.39, 0.29) is 11.4 Å². The first kappa shape index (κ1) is 17.9. The number of rotatable bonds is 8. The van der Waals surface area contributed by atoms with Crippen LogP contribution >= 0.6 is 0 Å². The summed E-state index contributed by atoms with van der Waals surface area (Å²) in [5.74, 6) is 0.701. The second-order valence-corrected chi connectivity index (χ2v) is 5.29. The summed E-state index contributed by atoms with van der Waals surface area (Å²) in [6.45, 7) is 4.39. The lowest BCUT2D eigenvalue weighted by Crippen LogP contribution is -2.17. The van der Waals surface area contributed by atoms with Crippen molar-refractivity contribution in [2.24, 2.45) is 0 Å². The Labute approximate surface area is 144 Å². The van der Waals surface area contributed by atoms with Gasteiger partial charge in [-0.1, -0.05) is 24.8 Å². The van der Waals surface area contributed by atoms with E-state index < -0.39 is 9.85 Å². The molecule has 2 aromatic rings. The van der Waals surface area contributed by atoms with Gasteiger partial charge in [0, 0.05) is 19.7 Å². The summed E-state index contributed by atoms with van der Waals surface area (Å²) < 4.78 is 5.40. The second-order valence-electron chi connectivity index (χ2n) is 5.29. The maximum atomic E-state index is 11.2. The third-order valence-electron chi connectivity index (χ3n) is 3.49. The smallest absolute Gasteiger partial charge is 0.299 e. The highest BCUT2D eigenvalue weighted by Crippen LogP contribution is 2.32. The summed E-state index contributed by atoms with van der Waals surface area (Å²) in [5, 5.41) is 22.0. The lowest BCUT2D eigenvalue weighted by atomic mass is 10.1. The monoisotopic (exact) mass is 343 g/mol. The average molecular weight is 343 g/mol. The Morgan fingerprint density at radius 1 is 1.12 bits per heavy atom. The van der Waals surface area contributed by atoms with Gasteiger partial charge in [-0.3, -0.25) is 20.2 Å². The van der Waals surface area contributed by atoms with E-state index in [1.54, 1.807) is 30.2 Å². The van der Waals surface area contributed by atoms with E-state index in [2.05, 4.69) is 6.58 Å². The van der Waals surface area contributed by atoms with Gasteiger partial charge in [0.2, 0.25) is 0 Å². The van der Waals surface area contributed by atoms with Gasteiger partial charge in [-0.25, -0.2) is 0 Å². The summed E-state index contributed by atoms with van der Waals surface area (Å²) in [6, 6.07) is 10.9. The van der Waals surface area contributed by atoms with Crippen LogP contribution in [0.4, 0.5) is 17.1 Å². The van der Waals surface area contributed by atoms with E-state index in [1.165, 1.54) is 12.1 Å². The van der Waals surface area contributed by atoms with E-state index in [4.69, 9.17) is 4.74 Å². The van der Waals surface area contributed by atoms with Crippen LogP contribution in [0.2, 0.25) is 0 Å². The minimum absolute atomic E-state index is 0.303. The Hall–Kier alpha value is -3.42. The minimum Gasteiger partial charge on any atom is -0.490 e. The fourth-order valence-electron chi connectivity index (χ4n) is 2.30. The average Bonchev–Trinajstić information content (AvgIpc) is 2.60. The van der Waals surface area contributed by atoms with E-state index in [1.807, 2.05) is 12.1 Å². The van der Waals surface area contributed by atoms with Gasteiger partial charge in [0.25, 0.3) is 11.4 Å².